The molecule has 0 saturated heterocycles. The second kappa shape index (κ2) is 11.1. The van der Waals surface area contributed by atoms with Gasteiger partial charge in [0.05, 0.1) is 12.7 Å². The molecule has 1 aliphatic rings. The lowest BCUT2D eigenvalue weighted by atomic mass is 9.93. The van der Waals surface area contributed by atoms with E-state index in [1.807, 2.05) is 30.3 Å². The highest BCUT2D eigenvalue weighted by Gasteiger charge is 2.33. The third kappa shape index (κ3) is 5.40. The van der Waals surface area contributed by atoms with Crippen LogP contribution < -0.4 is 9.64 Å². The number of aromatic nitrogens is 1. The molecule has 0 atom stereocenters. The highest BCUT2D eigenvalue weighted by molar-refractivity contribution is 6.45. The Morgan fingerprint density at radius 2 is 1.72 bits per heavy atom. The van der Waals surface area contributed by atoms with E-state index in [1.165, 1.54) is 13.3 Å². The molecule has 9 nitrogen and oxygen atoms in total. The van der Waals surface area contributed by atoms with Gasteiger partial charge in [-0.2, -0.15) is 0 Å². The van der Waals surface area contributed by atoms with E-state index in [1.54, 1.807) is 23.1 Å². The predicted molar refractivity (Wildman–Crippen MR) is 134 cm³/mol. The fraction of sp³-hybridized carbons (Fsp3) is 0.333. The molecule has 3 aromatic rings. The summed E-state index contributed by atoms with van der Waals surface area (Å²) in [5.41, 5.74) is 1.39. The molecule has 1 fully saturated rings. The monoisotopic (exact) mass is 491 g/mol. The number of ketones is 1. The number of nitrogens with one attached hydrogen (secondary N) is 1. The van der Waals surface area contributed by atoms with Crippen LogP contribution in [0.2, 0.25) is 0 Å². The van der Waals surface area contributed by atoms with Gasteiger partial charge in [-0.25, -0.2) is 0 Å². The van der Waals surface area contributed by atoms with Crippen LogP contribution in [0.1, 0.15) is 42.5 Å². The molecule has 2 N–H and O–H groups in total. The van der Waals surface area contributed by atoms with Gasteiger partial charge in [-0.1, -0.05) is 37.5 Å². The molecular weight excluding hydrogens is 462 g/mol. The smallest absolute Gasteiger partial charge is 0.323 e. The molecular formula is C27H29N3O6. The molecule has 1 aromatic heterocycles. The second-order valence-corrected chi connectivity index (χ2v) is 8.89. The van der Waals surface area contributed by atoms with Crippen molar-refractivity contribution in [2.24, 2.45) is 0 Å². The van der Waals surface area contributed by atoms with Crippen LogP contribution in [0.3, 0.4) is 0 Å². The zero-order chi connectivity index (χ0) is 25.7. The van der Waals surface area contributed by atoms with E-state index in [0.717, 1.165) is 37.0 Å². The summed E-state index contributed by atoms with van der Waals surface area (Å²) in [5, 5.41) is 9.95. The lowest BCUT2D eigenvalue weighted by molar-refractivity contribution is -0.143. The van der Waals surface area contributed by atoms with Crippen LogP contribution in [-0.4, -0.2) is 64.8 Å². The van der Waals surface area contributed by atoms with E-state index in [-0.39, 0.29) is 11.6 Å². The Morgan fingerprint density at radius 1 is 1.00 bits per heavy atom. The molecule has 0 unspecified atom stereocenters. The van der Waals surface area contributed by atoms with Crippen LogP contribution in [0, 0.1) is 0 Å². The number of carbonyl (C=O) groups excluding carboxylic acids is 3. The molecule has 1 saturated carbocycles. The Labute approximate surface area is 208 Å². The van der Waals surface area contributed by atoms with E-state index < -0.39 is 36.7 Å². The number of methoxy groups -OCH3 is 1. The van der Waals surface area contributed by atoms with E-state index in [0.29, 0.717) is 22.3 Å². The van der Waals surface area contributed by atoms with E-state index in [2.05, 4.69) is 4.98 Å². The number of anilines is 1. The van der Waals surface area contributed by atoms with Crippen molar-refractivity contribution in [2.45, 2.75) is 38.1 Å². The first-order chi connectivity index (χ1) is 17.4. The second-order valence-electron chi connectivity index (χ2n) is 8.89. The summed E-state index contributed by atoms with van der Waals surface area (Å²) in [5.74, 6) is -3.07. The molecule has 36 heavy (non-hydrogen) atoms. The number of Topliss-reactive ketones (excluding diaryl/α,β-unsaturated/α-hetero) is 1. The summed E-state index contributed by atoms with van der Waals surface area (Å²) < 4.78 is 5.19. The summed E-state index contributed by atoms with van der Waals surface area (Å²) >= 11 is 0. The molecule has 2 aromatic carbocycles. The van der Waals surface area contributed by atoms with Crippen molar-refractivity contribution in [2.75, 3.05) is 25.1 Å². The zero-order valence-electron chi connectivity index (χ0n) is 20.1. The fourth-order valence-corrected chi connectivity index (χ4v) is 4.77. The first-order valence-electron chi connectivity index (χ1n) is 12.0. The van der Waals surface area contributed by atoms with Gasteiger partial charge in [0, 0.05) is 34.9 Å². The molecule has 1 heterocycles. The molecule has 0 spiro atoms. The molecule has 1 aliphatic carbocycles. The van der Waals surface area contributed by atoms with Crippen LogP contribution in [0.5, 0.6) is 5.75 Å². The van der Waals surface area contributed by atoms with Crippen molar-refractivity contribution in [1.82, 2.24) is 9.88 Å². The number of carbonyl (C=O) groups is 4. The summed E-state index contributed by atoms with van der Waals surface area (Å²) in [6.07, 6.45) is 6.13. The molecule has 9 heteroatoms. The van der Waals surface area contributed by atoms with Crippen molar-refractivity contribution in [1.29, 1.82) is 0 Å². The number of carboxylic acids is 1. The normalized spacial score (nSPS) is 13.8. The van der Waals surface area contributed by atoms with Crippen LogP contribution in [-0.2, 0) is 14.4 Å². The number of ether oxygens (including phenoxy) is 1. The summed E-state index contributed by atoms with van der Waals surface area (Å²) in [4.78, 5) is 56.9. The van der Waals surface area contributed by atoms with Crippen LogP contribution in [0.25, 0.3) is 10.9 Å². The van der Waals surface area contributed by atoms with Gasteiger partial charge in [0.25, 0.3) is 11.7 Å². The number of carboxylic acid groups (broad SMARTS) is 1. The average molecular weight is 492 g/mol. The maximum absolute atomic E-state index is 13.5. The average Bonchev–Trinajstić information content (AvgIpc) is 3.31. The number of aliphatic carboxylic acids is 1. The number of para-hydroxylation sites is 1. The van der Waals surface area contributed by atoms with Gasteiger partial charge in [0.2, 0.25) is 5.91 Å². The standard InChI is InChI=1S/C27H29N3O6/c1-36-20-12-13-21-22(15-28-23(21)14-20)26(34)27(35)29(17-25(32)33)16-24(31)30(18-8-4-2-5-9-18)19-10-6-3-7-11-19/h2,4-5,8-9,12-15,19,28H,3,6-7,10-11,16-17H2,1H3,(H,32,33). The number of benzene rings is 2. The molecule has 4 rings (SSSR count). The van der Waals surface area contributed by atoms with Gasteiger partial charge in [0.15, 0.2) is 0 Å². The minimum absolute atomic E-state index is 0.0465. The van der Waals surface area contributed by atoms with E-state index >= 15 is 0 Å². The predicted octanol–water partition coefficient (Wildman–Crippen LogP) is 3.64. The zero-order valence-corrected chi connectivity index (χ0v) is 20.1. The van der Waals surface area contributed by atoms with Crippen molar-refractivity contribution < 1.29 is 29.0 Å². The summed E-state index contributed by atoms with van der Waals surface area (Å²) in [6, 6.07) is 14.1. The van der Waals surface area contributed by atoms with Gasteiger partial charge < -0.3 is 24.6 Å². The third-order valence-electron chi connectivity index (χ3n) is 6.51. The number of H-pyrrole nitrogens is 1. The SMILES string of the molecule is COc1ccc2c(C(=O)C(=O)N(CC(=O)O)CC(=O)N(c3ccccc3)C3CCCCC3)c[nH]c2c1. The van der Waals surface area contributed by atoms with Crippen molar-refractivity contribution in [3.8, 4) is 5.75 Å². The molecule has 188 valence electrons. The minimum atomic E-state index is -1.31. The van der Waals surface area contributed by atoms with Crippen LogP contribution in [0.15, 0.2) is 54.7 Å². The van der Waals surface area contributed by atoms with Crippen molar-refractivity contribution in [3.63, 3.8) is 0 Å². The Hall–Kier alpha value is -4.14. The third-order valence-corrected chi connectivity index (χ3v) is 6.51. The van der Waals surface area contributed by atoms with Gasteiger partial charge in [0.1, 0.15) is 18.8 Å². The Bertz CT molecular complexity index is 1260. The van der Waals surface area contributed by atoms with Gasteiger partial charge in [-0.15, -0.1) is 0 Å². The summed E-state index contributed by atoms with van der Waals surface area (Å²) in [6.45, 7) is -1.28. The highest BCUT2D eigenvalue weighted by Crippen LogP contribution is 2.28. The number of aromatic amines is 1. The van der Waals surface area contributed by atoms with E-state index in [9.17, 15) is 24.3 Å². The summed E-state index contributed by atoms with van der Waals surface area (Å²) in [7, 11) is 1.52. The molecule has 2 amide bonds. The van der Waals surface area contributed by atoms with Gasteiger partial charge in [-0.3, -0.25) is 19.2 Å². The molecule has 0 bridgehead atoms. The maximum Gasteiger partial charge on any atom is 0.323 e. The van der Waals surface area contributed by atoms with Gasteiger partial charge in [-0.05, 0) is 37.1 Å². The number of amides is 2. The number of nitrogens with zero attached hydrogens (tertiary/aromatic N) is 2. The molecule has 0 aliphatic heterocycles. The fourth-order valence-electron chi connectivity index (χ4n) is 4.77. The van der Waals surface area contributed by atoms with Crippen LogP contribution >= 0.6 is 0 Å². The first-order valence-corrected chi connectivity index (χ1v) is 12.0. The highest BCUT2D eigenvalue weighted by atomic mass is 16.5. The largest absolute Gasteiger partial charge is 0.497 e. The van der Waals surface area contributed by atoms with Crippen molar-refractivity contribution in [3.05, 3.63) is 60.3 Å². The maximum atomic E-state index is 13.5. The van der Waals surface area contributed by atoms with Crippen molar-refractivity contribution >= 4 is 40.2 Å². The van der Waals surface area contributed by atoms with Crippen LogP contribution in [0.4, 0.5) is 5.69 Å². The lowest BCUT2D eigenvalue weighted by Crippen LogP contribution is -2.50. The van der Waals surface area contributed by atoms with E-state index in [4.69, 9.17) is 4.74 Å². The Balaban J connectivity index is 1.60. The topological polar surface area (TPSA) is 120 Å². The quantitative estimate of drug-likeness (QED) is 0.348. The molecule has 0 radical (unpaired) electrons. The first kappa shape index (κ1) is 25.0. The lowest BCUT2D eigenvalue weighted by Gasteiger charge is -2.35. The number of hydrogen-bond donors (Lipinski definition) is 2. The number of rotatable bonds is 9. The van der Waals surface area contributed by atoms with Gasteiger partial charge >= 0.3 is 5.97 Å². The number of fused-ring (bicyclic) bond motifs is 1. The number of hydrogen-bond acceptors (Lipinski definition) is 5. The minimum Gasteiger partial charge on any atom is -0.497 e. The Kier molecular flexibility index (Phi) is 7.68. The Morgan fingerprint density at radius 3 is 2.39 bits per heavy atom.